The number of benzene rings is 1. The summed E-state index contributed by atoms with van der Waals surface area (Å²) in [5, 5.41) is 0.353. The topological polar surface area (TPSA) is 45.8 Å². The Hall–Kier alpha value is -1.16. The van der Waals surface area contributed by atoms with E-state index in [0.717, 1.165) is 16.9 Å². The van der Waals surface area contributed by atoms with Crippen molar-refractivity contribution < 1.29 is 4.79 Å². The number of carbonyl (C=O) groups is 1. The Morgan fingerprint density at radius 1 is 1.57 bits per heavy atom. The predicted molar refractivity (Wildman–Crippen MR) is 59.0 cm³/mol. The number of halogens is 1. The van der Waals surface area contributed by atoms with E-state index in [2.05, 4.69) is 25.9 Å². The first kappa shape index (κ1) is 9.40. The molecule has 1 aromatic heterocycles. The Balaban J connectivity index is 2.55. The van der Waals surface area contributed by atoms with Gasteiger partial charge in [0.15, 0.2) is 5.78 Å². The Kier molecular flexibility index (Phi) is 2.37. The second-order valence-electron chi connectivity index (χ2n) is 3.11. The molecular formula is C10H9BrN2O. The highest BCUT2D eigenvalue weighted by molar-refractivity contribution is 9.09. The molecule has 0 atom stereocenters. The van der Waals surface area contributed by atoms with Crippen LogP contribution in [-0.2, 0) is 0 Å². The van der Waals surface area contributed by atoms with E-state index in [9.17, 15) is 4.79 Å². The highest BCUT2D eigenvalue weighted by Gasteiger charge is 2.06. The molecule has 1 N–H and O–H groups in total. The fourth-order valence-electron chi connectivity index (χ4n) is 1.39. The number of nitrogens with one attached hydrogen (secondary N) is 1. The van der Waals surface area contributed by atoms with E-state index < -0.39 is 0 Å². The van der Waals surface area contributed by atoms with E-state index in [4.69, 9.17) is 0 Å². The smallest absolute Gasteiger partial charge is 0.173 e. The van der Waals surface area contributed by atoms with Gasteiger partial charge in [0, 0.05) is 5.56 Å². The van der Waals surface area contributed by atoms with Crippen molar-refractivity contribution in [2.75, 3.05) is 5.33 Å². The summed E-state index contributed by atoms with van der Waals surface area (Å²) in [5.41, 5.74) is 2.51. The van der Waals surface area contributed by atoms with Crippen LogP contribution in [0.1, 0.15) is 16.2 Å². The molecule has 0 saturated carbocycles. The number of rotatable bonds is 2. The Morgan fingerprint density at radius 2 is 2.36 bits per heavy atom. The van der Waals surface area contributed by atoms with Gasteiger partial charge in [-0.2, -0.15) is 0 Å². The van der Waals surface area contributed by atoms with Crippen LogP contribution in [0, 0.1) is 6.92 Å². The van der Waals surface area contributed by atoms with E-state index in [1.807, 2.05) is 19.1 Å². The van der Waals surface area contributed by atoms with Crippen molar-refractivity contribution >= 4 is 32.7 Å². The van der Waals surface area contributed by atoms with Crippen LogP contribution >= 0.6 is 15.9 Å². The number of carbonyl (C=O) groups excluding carboxylic acids is 1. The Morgan fingerprint density at radius 3 is 3.07 bits per heavy atom. The Labute approximate surface area is 89.7 Å². The first-order valence-corrected chi connectivity index (χ1v) is 5.38. The van der Waals surface area contributed by atoms with E-state index in [1.54, 1.807) is 6.07 Å². The quantitative estimate of drug-likeness (QED) is 0.660. The molecule has 0 aliphatic heterocycles. The lowest BCUT2D eigenvalue weighted by Gasteiger charge is -1.95. The number of nitrogens with zero attached hydrogens (tertiary/aromatic N) is 1. The maximum Gasteiger partial charge on any atom is 0.173 e. The Bertz CT molecular complexity index is 490. The van der Waals surface area contributed by atoms with Crippen molar-refractivity contribution in [3.63, 3.8) is 0 Å². The van der Waals surface area contributed by atoms with Crippen LogP contribution in [0.2, 0.25) is 0 Å². The zero-order valence-corrected chi connectivity index (χ0v) is 9.26. The molecule has 0 unspecified atom stereocenters. The lowest BCUT2D eigenvalue weighted by molar-refractivity contribution is 0.102. The number of hydrogen-bond donors (Lipinski definition) is 1. The second kappa shape index (κ2) is 3.53. The molecule has 4 heteroatoms. The van der Waals surface area contributed by atoms with Crippen molar-refractivity contribution in [2.45, 2.75) is 6.92 Å². The van der Waals surface area contributed by atoms with Crippen molar-refractivity contribution in [3.05, 3.63) is 29.6 Å². The summed E-state index contributed by atoms with van der Waals surface area (Å²) in [6, 6.07) is 5.49. The molecule has 0 fully saturated rings. The van der Waals surface area contributed by atoms with Crippen LogP contribution in [0.5, 0.6) is 0 Å². The zero-order valence-electron chi connectivity index (χ0n) is 7.67. The van der Waals surface area contributed by atoms with Crippen LogP contribution in [-0.4, -0.2) is 21.1 Å². The molecule has 14 heavy (non-hydrogen) atoms. The van der Waals surface area contributed by atoms with Gasteiger partial charge in [-0.25, -0.2) is 4.98 Å². The molecule has 72 valence electrons. The van der Waals surface area contributed by atoms with Gasteiger partial charge in [-0.15, -0.1) is 0 Å². The van der Waals surface area contributed by atoms with Gasteiger partial charge in [0.2, 0.25) is 0 Å². The number of alkyl halides is 1. The van der Waals surface area contributed by atoms with Gasteiger partial charge < -0.3 is 4.98 Å². The standard InChI is InChI=1S/C10H9BrN2O/c1-6-12-8-3-2-7(10(14)5-11)4-9(8)13-6/h2-4H,5H2,1H3,(H,12,13). The largest absolute Gasteiger partial charge is 0.342 e. The number of aromatic amines is 1. The predicted octanol–water partition coefficient (Wildman–Crippen LogP) is 2.45. The number of Topliss-reactive ketones (excluding diaryl/α,β-unsaturated/α-hetero) is 1. The molecule has 0 amide bonds. The third-order valence-electron chi connectivity index (χ3n) is 2.04. The fourth-order valence-corrected chi connectivity index (χ4v) is 1.71. The number of fused-ring (bicyclic) bond motifs is 1. The van der Waals surface area contributed by atoms with Gasteiger partial charge in [0.05, 0.1) is 16.4 Å². The SMILES string of the molecule is Cc1nc2ccc(C(=O)CBr)cc2[nH]1. The van der Waals surface area contributed by atoms with Gasteiger partial charge in [-0.05, 0) is 25.1 Å². The molecule has 2 rings (SSSR count). The van der Waals surface area contributed by atoms with Crippen LogP contribution in [0.15, 0.2) is 18.2 Å². The van der Waals surface area contributed by atoms with E-state index in [-0.39, 0.29) is 5.78 Å². The first-order chi connectivity index (χ1) is 6.70. The highest BCUT2D eigenvalue weighted by atomic mass is 79.9. The van der Waals surface area contributed by atoms with Gasteiger partial charge >= 0.3 is 0 Å². The average Bonchev–Trinajstić information content (AvgIpc) is 2.55. The zero-order chi connectivity index (χ0) is 10.1. The summed E-state index contributed by atoms with van der Waals surface area (Å²) in [6.45, 7) is 1.89. The summed E-state index contributed by atoms with van der Waals surface area (Å²) >= 11 is 3.15. The lowest BCUT2D eigenvalue weighted by Crippen LogP contribution is -1.98. The van der Waals surface area contributed by atoms with E-state index >= 15 is 0 Å². The fraction of sp³-hybridized carbons (Fsp3) is 0.200. The van der Waals surface area contributed by atoms with Crippen molar-refractivity contribution in [3.8, 4) is 0 Å². The monoisotopic (exact) mass is 252 g/mol. The van der Waals surface area contributed by atoms with E-state index in [0.29, 0.717) is 10.9 Å². The summed E-state index contributed by atoms with van der Waals surface area (Å²) in [7, 11) is 0. The molecule has 1 aromatic carbocycles. The van der Waals surface area contributed by atoms with E-state index in [1.165, 1.54) is 0 Å². The summed E-state index contributed by atoms with van der Waals surface area (Å²) in [4.78, 5) is 18.7. The summed E-state index contributed by atoms with van der Waals surface area (Å²) < 4.78 is 0. The molecule has 0 saturated heterocycles. The summed E-state index contributed by atoms with van der Waals surface area (Å²) in [6.07, 6.45) is 0. The minimum absolute atomic E-state index is 0.0825. The molecule has 0 bridgehead atoms. The van der Waals surface area contributed by atoms with Gasteiger partial charge in [-0.1, -0.05) is 15.9 Å². The third-order valence-corrected chi connectivity index (χ3v) is 2.55. The minimum atomic E-state index is 0.0825. The second-order valence-corrected chi connectivity index (χ2v) is 3.67. The van der Waals surface area contributed by atoms with Crippen LogP contribution in [0.4, 0.5) is 0 Å². The molecular weight excluding hydrogens is 244 g/mol. The molecule has 0 aliphatic rings. The van der Waals surface area contributed by atoms with Crippen molar-refractivity contribution in [1.29, 1.82) is 0 Å². The average molecular weight is 253 g/mol. The molecule has 0 aliphatic carbocycles. The van der Waals surface area contributed by atoms with Crippen molar-refractivity contribution in [2.24, 2.45) is 0 Å². The maximum absolute atomic E-state index is 11.4. The number of aryl methyl sites for hydroxylation is 1. The molecule has 3 nitrogen and oxygen atoms in total. The maximum atomic E-state index is 11.4. The number of ketones is 1. The van der Waals surface area contributed by atoms with Crippen molar-refractivity contribution in [1.82, 2.24) is 9.97 Å². The number of aromatic nitrogens is 2. The van der Waals surface area contributed by atoms with Crippen LogP contribution < -0.4 is 0 Å². The van der Waals surface area contributed by atoms with Gasteiger partial charge in [-0.3, -0.25) is 4.79 Å². The molecule has 1 heterocycles. The van der Waals surface area contributed by atoms with Gasteiger partial charge in [0.1, 0.15) is 5.82 Å². The number of imidazole rings is 1. The number of hydrogen-bond acceptors (Lipinski definition) is 2. The highest BCUT2D eigenvalue weighted by Crippen LogP contribution is 2.14. The molecule has 0 radical (unpaired) electrons. The van der Waals surface area contributed by atoms with Gasteiger partial charge in [0.25, 0.3) is 0 Å². The van der Waals surface area contributed by atoms with Crippen LogP contribution in [0.3, 0.4) is 0 Å². The third kappa shape index (κ3) is 1.57. The normalized spacial score (nSPS) is 10.7. The minimum Gasteiger partial charge on any atom is -0.342 e. The first-order valence-electron chi connectivity index (χ1n) is 4.26. The molecule has 0 spiro atoms. The summed E-state index contributed by atoms with van der Waals surface area (Å²) in [5.74, 6) is 0.947. The molecule has 2 aromatic rings. The number of H-pyrrole nitrogens is 1. The lowest BCUT2D eigenvalue weighted by atomic mass is 10.1. The van der Waals surface area contributed by atoms with Crippen LogP contribution in [0.25, 0.3) is 11.0 Å².